The zero-order valence-corrected chi connectivity index (χ0v) is 12.3. The quantitative estimate of drug-likeness (QED) is 0.902. The Hall–Kier alpha value is -2.41. The molecule has 0 spiro atoms. The Morgan fingerprint density at radius 3 is 2.52 bits per heavy atom. The van der Waals surface area contributed by atoms with Gasteiger partial charge in [-0.05, 0) is 49.2 Å². The Labute approximate surface area is 122 Å². The average Bonchev–Trinajstić information content (AvgIpc) is 2.38. The number of anilines is 1. The summed E-state index contributed by atoms with van der Waals surface area (Å²) in [5.74, 6) is -0.991. The zero-order chi connectivity index (χ0) is 15.6. The van der Waals surface area contributed by atoms with Crippen LogP contribution >= 0.6 is 0 Å². The number of carbonyl (C=O) groups is 1. The fraction of sp³-hybridized carbons (Fsp3) is 0.143. The molecule has 7 heteroatoms. The predicted octanol–water partition coefficient (Wildman–Crippen LogP) is 2.20. The van der Waals surface area contributed by atoms with Gasteiger partial charge >= 0.3 is 5.97 Å². The summed E-state index contributed by atoms with van der Waals surface area (Å²) in [6.07, 6.45) is 1.49. The van der Waals surface area contributed by atoms with Crippen molar-refractivity contribution in [3.05, 3.63) is 53.2 Å². The third-order valence-corrected chi connectivity index (χ3v) is 4.38. The Morgan fingerprint density at radius 2 is 1.90 bits per heavy atom. The number of pyridine rings is 1. The number of nitrogens with one attached hydrogen (secondary N) is 1. The Kier molecular flexibility index (Phi) is 3.95. The van der Waals surface area contributed by atoms with Gasteiger partial charge in [0.2, 0.25) is 0 Å². The molecule has 0 amide bonds. The molecular formula is C14H14N2O4S. The van der Waals surface area contributed by atoms with Crippen molar-refractivity contribution in [3.8, 4) is 0 Å². The third-order valence-electron chi connectivity index (χ3n) is 2.88. The molecule has 1 heterocycles. The summed E-state index contributed by atoms with van der Waals surface area (Å²) in [7, 11) is -3.89. The lowest BCUT2D eigenvalue weighted by Crippen LogP contribution is -2.16. The van der Waals surface area contributed by atoms with Crippen molar-refractivity contribution in [3.63, 3.8) is 0 Å². The summed E-state index contributed by atoms with van der Waals surface area (Å²) in [4.78, 5) is 14.8. The summed E-state index contributed by atoms with van der Waals surface area (Å²) >= 11 is 0. The van der Waals surface area contributed by atoms with E-state index in [2.05, 4.69) is 9.71 Å². The molecule has 0 radical (unpaired) electrons. The van der Waals surface area contributed by atoms with Gasteiger partial charge in [0, 0.05) is 6.20 Å². The Bertz CT molecular complexity index is 800. The van der Waals surface area contributed by atoms with Crippen LogP contribution in [0.4, 0.5) is 5.82 Å². The van der Waals surface area contributed by atoms with Gasteiger partial charge in [0.1, 0.15) is 5.82 Å². The molecule has 0 fully saturated rings. The fourth-order valence-electron chi connectivity index (χ4n) is 1.81. The Morgan fingerprint density at radius 1 is 1.19 bits per heavy atom. The topological polar surface area (TPSA) is 96.4 Å². The maximum absolute atomic E-state index is 12.4. The van der Waals surface area contributed by atoms with Crippen LogP contribution in [0.2, 0.25) is 0 Å². The van der Waals surface area contributed by atoms with E-state index in [1.165, 1.54) is 18.3 Å². The van der Waals surface area contributed by atoms with E-state index >= 15 is 0 Å². The van der Waals surface area contributed by atoms with Crippen LogP contribution in [0, 0.1) is 13.8 Å². The number of aromatic nitrogens is 1. The maximum atomic E-state index is 12.4. The molecule has 6 nitrogen and oxygen atoms in total. The lowest BCUT2D eigenvalue weighted by molar-refractivity contribution is 0.0696. The summed E-state index contributed by atoms with van der Waals surface area (Å²) in [6, 6.07) is 7.29. The van der Waals surface area contributed by atoms with Crippen molar-refractivity contribution >= 4 is 21.8 Å². The van der Waals surface area contributed by atoms with Gasteiger partial charge in [0.25, 0.3) is 10.0 Å². The van der Waals surface area contributed by atoms with Crippen molar-refractivity contribution in [2.45, 2.75) is 18.7 Å². The van der Waals surface area contributed by atoms with Gasteiger partial charge in [-0.15, -0.1) is 0 Å². The average molecular weight is 306 g/mol. The van der Waals surface area contributed by atoms with E-state index in [1.54, 1.807) is 19.1 Å². The molecule has 0 unspecified atom stereocenters. The van der Waals surface area contributed by atoms with Gasteiger partial charge in [-0.1, -0.05) is 6.07 Å². The summed E-state index contributed by atoms with van der Waals surface area (Å²) in [5, 5.41) is 8.96. The van der Waals surface area contributed by atoms with Crippen LogP contribution in [0.3, 0.4) is 0 Å². The van der Waals surface area contributed by atoms with Gasteiger partial charge in [-0.2, -0.15) is 0 Å². The number of hydrogen-bond donors (Lipinski definition) is 2. The Balaban J connectivity index is 2.44. The molecule has 2 rings (SSSR count). The monoisotopic (exact) mass is 306 g/mol. The van der Waals surface area contributed by atoms with E-state index in [9.17, 15) is 13.2 Å². The molecule has 0 atom stereocenters. The lowest BCUT2D eigenvalue weighted by atomic mass is 10.1. The molecule has 2 N–H and O–H groups in total. The molecule has 0 saturated carbocycles. The molecule has 0 aliphatic rings. The summed E-state index contributed by atoms with van der Waals surface area (Å²) in [5.41, 5.74) is 1.23. The standard InChI is InChI=1S/C14H14N2O4S/c1-9-5-6-15-13(7-9)16-21(19,20)12-8-11(14(17)18)4-3-10(12)2/h3-8H,1-2H3,(H,15,16)(H,17,18). The minimum Gasteiger partial charge on any atom is -0.478 e. The molecule has 0 bridgehead atoms. The molecule has 0 aliphatic heterocycles. The van der Waals surface area contributed by atoms with Gasteiger partial charge in [-0.25, -0.2) is 18.2 Å². The first-order chi connectivity index (χ1) is 9.79. The smallest absolute Gasteiger partial charge is 0.335 e. The van der Waals surface area contributed by atoms with Crippen molar-refractivity contribution in [2.75, 3.05) is 4.72 Å². The van der Waals surface area contributed by atoms with Crippen molar-refractivity contribution < 1.29 is 18.3 Å². The van der Waals surface area contributed by atoms with Gasteiger partial charge in [0.15, 0.2) is 0 Å². The number of carboxylic acid groups (broad SMARTS) is 1. The second-order valence-corrected chi connectivity index (χ2v) is 6.26. The number of benzene rings is 1. The van der Waals surface area contributed by atoms with Crippen LogP contribution in [0.15, 0.2) is 41.4 Å². The van der Waals surface area contributed by atoms with Gasteiger partial charge < -0.3 is 5.11 Å². The van der Waals surface area contributed by atoms with Crippen LogP contribution in [0.1, 0.15) is 21.5 Å². The molecule has 1 aromatic carbocycles. The molecule has 2 aromatic rings. The molecule has 1 aromatic heterocycles. The van der Waals surface area contributed by atoms with Crippen LogP contribution in [0.25, 0.3) is 0 Å². The molecule has 0 aliphatic carbocycles. The van der Waals surface area contributed by atoms with Crippen LogP contribution in [-0.4, -0.2) is 24.5 Å². The van der Waals surface area contributed by atoms with Crippen molar-refractivity contribution in [1.29, 1.82) is 0 Å². The molecule has 21 heavy (non-hydrogen) atoms. The highest BCUT2D eigenvalue weighted by molar-refractivity contribution is 7.92. The second-order valence-electron chi connectivity index (χ2n) is 4.61. The van der Waals surface area contributed by atoms with E-state index in [0.29, 0.717) is 5.56 Å². The molecule has 110 valence electrons. The first kappa shape index (κ1) is 15.0. The van der Waals surface area contributed by atoms with E-state index in [-0.39, 0.29) is 16.3 Å². The predicted molar refractivity (Wildman–Crippen MR) is 77.9 cm³/mol. The van der Waals surface area contributed by atoms with Crippen LogP contribution in [0.5, 0.6) is 0 Å². The number of rotatable bonds is 4. The number of sulfonamides is 1. The van der Waals surface area contributed by atoms with Crippen LogP contribution in [-0.2, 0) is 10.0 Å². The third kappa shape index (κ3) is 3.38. The first-order valence-corrected chi connectivity index (χ1v) is 7.57. The molecular weight excluding hydrogens is 292 g/mol. The SMILES string of the molecule is Cc1ccnc(NS(=O)(=O)c2cc(C(=O)O)ccc2C)c1. The van der Waals surface area contributed by atoms with Gasteiger partial charge in [-0.3, -0.25) is 4.72 Å². The van der Waals surface area contributed by atoms with E-state index in [4.69, 9.17) is 5.11 Å². The highest BCUT2D eigenvalue weighted by Gasteiger charge is 2.19. The van der Waals surface area contributed by atoms with Crippen molar-refractivity contribution in [1.82, 2.24) is 4.98 Å². The van der Waals surface area contributed by atoms with E-state index in [0.717, 1.165) is 11.6 Å². The zero-order valence-electron chi connectivity index (χ0n) is 11.5. The number of hydrogen-bond acceptors (Lipinski definition) is 4. The highest BCUT2D eigenvalue weighted by atomic mass is 32.2. The van der Waals surface area contributed by atoms with Gasteiger partial charge in [0.05, 0.1) is 10.5 Å². The minimum atomic E-state index is -3.89. The lowest BCUT2D eigenvalue weighted by Gasteiger charge is -2.10. The number of aromatic carboxylic acids is 1. The molecule has 0 saturated heterocycles. The first-order valence-electron chi connectivity index (χ1n) is 6.09. The van der Waals surface area contributed by atoms with E-state index in [1.807, 2.05) is 6.92 Å². The largest absolute Gasteiger partial charge is 0.478 e. The summed E-state index contributed by atoms with van der Waals surface area (Å²) < 4.78 is 27.1. The second kappa shape index (κ2) is 5.53. The maximum Gasteiger partial charge on any atom is 0.335 e. The fourth-order valence-corrected chi connectivity index (χ4v) is 3.08. The highest BCUT2D eigenvalue weighted by Crippen LogP contribution is 2.20. The number of nitrogens with zero attached hydrogens (tertiary/aromatic N) is 1. The minimum absolute atomic E-state index is 0.0780. The van der Waals surface area contributed by atoms with Crippen LogP contribution < -0.4 is 4.72 Å². The normalized spacial score (nSPS) is 11.1. The summed E-state index contributed by atoms with van der Waals surface area (Å²) in [6.45, 7) is 3.42. The van der Waals surface area contributed by atoms with Crippen molar-refractivity contribution in [2.24, 2.45) is 0 Å². The number of aryl methyl sites for hydroxylation is 2. The number of carboxylic acids is 1. The van der Waals surface area contributed by atoms with E-state index < -0.39 is 16.0 Å².